The van der Waals surface area contributed by atoms with Gasteiger partial charge in [0.05, 0.1) is 16.0 Å². The summed E-state index contributed by atoms with van der Waals surface area (Å²) < 4.78 is 103. The summed E-state index contributed by atoms with van der Waals surface area (Å²) in [6, 6.07) is 0.0339. The molecule has 0 aliphatic carbocycles. The second-order valence-corrected chi connectivity index (χ2v) is 6.97. The predicted molar refractivity (Wildman–Crippen MR) is 75.4 cm³/mol. The van der Waals surface area contributed by atoms with E-state index < -0.39 is 44.3 Å². The van der Waals surface area contributed by atoms with Crippen molar-refractivity contribution in [1.29, 1.82) is 0 Å². The number of aromatic nitrogens is 3. The minimum Gasteiger partial charge on any atom is -0.248 e. The molecule has 1 aromatic heterocycles. The molecule has 2 aromatic rings. The molecule has 0 unspecified atom stereocenters. The molecule has 1 heterocycles. The summed E-state index contributed by atoms with van der Waals surface area (Å²) in [6.45, 7) is 0. The highest BCUT2D eigenvalue weighted by Gasteiger charge is 2.38. The van der Waals surface area contributed by atoms with E-state index in [2.05, 4.69) is 15.2 Å². The van der Waals surface area contributed by atoms with E-state index in [1.165, 1.54) is 0 Å². The molecule has 0 saturated heterocycles. The van der Waals surface area contributed by atoms with Gasteiger partial charge in [-0.3, -0.25) is 0 Å². The topological polar surface area (TPSA) is 87.7 Å². The van der Waals surface area contributed by atoms with Crippen molar-refractivity contribution in [2.75, 3.05) is 11.0 Å². The molecule has 0 radical (unpaired) electrons. The van der Waals surface area contributed by atoms with E-state index in [0.717, 1.165) is 11.8 Å². The number of benzene rings is 1. The first-order chi connectivity index (χ1) is 11.3. The van der Waals surface area contributed by atoms with Crippen LogP contribution in [-0.4, -0.2) is 29.9 Å². The molecule has 0 atom stereocenters. The lowest BCUT2D eigenvalue weighted by Gasteiger charge is -2.14. The summed E-state index contributed by atoms with van der Waals surface area (Å²) in [7, 11) is -4.77. The van der Waals surface area contributed by atoms with Gasteiger partial charge in [-0.2, -0.15) is 31.3 Å². The Balaban J connectivity index is 2.52. The number of rotatable bonds is 4. The van der Waals surface area contributed by atoms with Crippen molar-refractivity contribution in [3.05, 3.63) is 29.3 Å². The standard InChI is InChI=1S/C11H8F6N4O2S2/c1-24-9-18-8(19-20-9)21-25(22,23)7-3-5(10(12,13)14)2-6(4-7)11(15,16)17/h2-4H,1H3,(H2,18,19,20,21). The lowest BCUT2D eigenvalue weighted by atomic mass is 10.1. The van der Waals surface area contributed by atoms with E-state index in [0.29, 0.717) is 0 Å². The summed E-state index contributed by atoms with van der Waals surface area (Å²) >= 11 is 1.04. The highest BCUT2D eigenvalue weighted by atomic mass is 32.2. The summed E-state index contributed by atoms with van der Waals surface area (Å²) in [5.74, 6) is -0.449. The zero-order chi connectivity index (χ0) is 19.0. The zero-order valence-electron chi connectivity index (χ0n) is 12.0. The second kappa shape index (κ2) is 6.40. The number of anilines is 1. The molecule has 0 amide bonds. The SMILES string of the molecule is CSc1n[nH]c(NS(=O)(=O)c2cc(C(F)(F)F)cc(C(F)(F)F)c2)n1. The molecule has 138 valence electrons. The third-order valence-corrected chi connectivity index (χ3v) is 4.62. The number of H-pyrrole nitrogens is 1. The Morgan fingerprint density at radius 3 is 1.96 bits per heavy atom. The Hall–Kier alpha value is -1.96. The van der Waals surface area contributed by atoms with Crippen LogP contribution in [0.15, 0.2) is 28.3 Å². The van der Waals surface area contributed by atoms with Crippen LogP contribution >= 0.6 is 11.8 Å². The molecule has 0 bridgehead atoms. The lowest BCUT2D eigenvalue weighted by Crippen LogP contribution is -2.18. The van der Waals surface area contributed by atoms with Crippen molar-refractivity contribution >= 4 is 27.7 Å². The van der Waals surface area contributed by atoms with E-state index in [-0.39, 0.29) is 23.4 Å². The van der Waals surface area contributed by atoms with Crippen molar-refractivity contribution in [1.82, 2.24) is 15.2 Å². The van der Waals surface area contributed by atoms with Gasteiger partial charge in [-0.15, -0.1) is 5.10 Å². The van der Waals surface area contributed by atoms with Crippen LogP contribution in [0.2, 0.25) is 0 Å². The quantitative estimate of drug-likeness (QED) is 0.601. The predicted octanol–water partition coefficient (Wildman–Crippen LogP) is 3.37. The second-order valence-electron chi connectivity index (χ2n) is 4.52. The van der Waals surface area contributed by atoms with Crippen LogP contribution in [0.5, 0.6) is 0 Å². The highest BCUT2D eigenvalue weighted by Crippen LogP contribution is 2.37. The van der Waals surface area contributed by atoms with Crippen LogP contribution in [0.4, 0.5) is 32.3 Å². The zero-order valence-corrected chi connectivity index (χ0v) is 13.7. The maximum absolute atomic E-state index is 12.8. The first kappa shape index (κ1) is 19.4. The van der Waals surface area contributed by atoms with Crippen molar-refractivity contribution in [3.8, 4) is 0 Å². The molecule has 0 fully saturated rings. The van der Waals surface area contributed by atoms with Gasteiger partial charge in [0.1, 0.15) is 0 Å². The Bertz CT molecular complexity index is 843. The Morgan fingerprint density at radius 1 is 1.04 bits per heavy atom. The molecule has 0 saturated carbocycles. The van der Waals surface area contributed by atoms with Crippen LogP contribution in [0.3, 0.4) is 0 Å². The molecule has 1 aromatic carbocycles. The van der Waals surface area contributed by atoms with Crippen molar-refractivity contribution < 1.29 is 34.8 Å². The molecule has 2 rings (SSSR count). The molecule has 6 nitrogen and oxygen atoms in total. The first-order valence-electron chi connectivity index (χ1n) is 6.11. The fourth-order valence-electron chi connectivity index (χ4n) is 1.65. The van der Waals surface area contributed by atoms with Gasteiger partial charge in [-0.05, 0) is 24.5 Å². The Labute approximate surface area is 141 Å². The molecule has 0 aliphatic rings. The number of hydrogen-bond acceptors (Lipinski definition) is 5. The largest absolute Gasteiger partial charge is 0.416 e. The van der Waals surface area contributed by atoms with E-state index in [9.17, 15) is 34.8 Å². The molecular formula is C11H8F6N4O2S2. The van der Waals surface area contributed by atoms with Crippen LogP contribution in [0.1, 0.15) is 11.1 Å². The van der Waals surface area contributed by atoms with E-state index in [1.807, 2.05) is 0 Å². The number of nitrogens with one attached hydrogen (secondary N) is 2. The number of hydrogen-bond donors (Lipinski definition) is 2. The minimum absolute atomic E-state index is 0.101. The molecule has 25 heavy (non-hydrogen) atoms. The van der Waals surface area contributed by atoms with Gasteiger partial charge in [0, 0.05) is 0 Å². The van der Waals surface area contributed by atoms with Crippen LogP contribution in [-0.2, 0) is 22.4 Å². The minimum atomic E-state index is -5.16. The van der Waals surface area contributed by atoms with E-state index in [1.54, 1.807) is 11.0 Å². The lowest BCUT2D eigenvalue weighted by molar-refractivity contribution is -0.143. The van der Waals surface area contributed by atoms with Gasteiger partial charge < -0.3 is 0 Å². The van der Waals surface area contributed by atoms with Gasteiger partial charge >= 0.3 is 12.4 Å². The maximum Gasteiger partial charge on any atom is 0.416 e. The number of aromatic amines is 1. The third-order valence-electron chi connectivity index (χ3n) is 2.75. The van der Waals surface area contributed by atoms with Gasteiger partial charge in [-0.1, -0.05) is 11.8 Å². The summed E-state index contributed by atoms with van der Waals surface area (Å²) in [5, 5.41) is 5.84. The Morgan fingerprint density at radius 2 is 1.56 bits per heavy atom. The monoisotopic (exact) mass is 406 g/mol. The number of nitrogens with zero attached hydrogens (tertiary/aromatic N) is 2. The smallest absolute Gasteiger partial charge is 0.248 e. The van der Waals surface area contributed by atoms with Gasteiger partial charge in [0.25, 0.3) is 10.0 Å². The number of alkyl halides is 6. The first-order valence-corrected chi connectivity index (χ1v) is 8.82. The maximum atomic E-state index is 12.8. The summed E-state index contributed by atoms with van der Waals surface area (Å²) in [6.07, 6.45) is -8.75. The normalized spacial score (nSPS) is 13.1. The van der Waals surface area contributed by atoms with Gasteiger partial charge in [-0.25, -0.2) is 18.2 Å². The summed E-state index contributed by atoms with van der Waals surface area (Å²) in [4.78, 5) is 2.43. The fraction of sp³-hybridized carbons (Fsp3) is 0.273. The summed E-state index contributed by atoms with van der Waals surface area (Å²) in [5.41, 5.74) is -3.49. The number of sulfonamides is 1. The van der Waals surface area contributed by atoms with Crippen molar-refractivity contribution in [2.24, 2.45) is 0 Å². The number of thioether (sulfide) groups is 1. The van der Waals surface area contributed by atoms with Gasteiger partial charge in [0.15, 0.2) is 0 Å². The molecule has 14 heteroatoms. The van der Waals surface area contributed by atoms with Crippen molar-refractivity contribution in [2.45, 2.75) is 22.4 Å². The van der Waals surface area contributed by atoms with E-state index >= 15 is 0 Å². The average molecular weight is 406 g/mol. The van der Waals surface area contributed by atoms with Gasteiger partial charge in [0.2, 0.25) is 11.1 Å². The molecule has 0 spiro atoms. The Kier molecular flexibility index (Phi) is 4.96. The van der Waals surface area contributed by atoms with E-state index in [4.69, 9.17) is 0 Å². The molecule has 2 N–H and O–H groups in total. The van der Waals surface area contributed by atoms with Crippen LogP contribution < -0.4 is 4.72 Å². The highest BCUT2D eigenvalue weighted by molar-refractivity contribution is 7.98. The fourth-order valence-corrected chi connectivity index (χ4v) is 3.00. The number of halogens is 6. The van der Waals surface area contributed by atoms with Crippen LogP contribution in [0, 0.1) is 0 Å². The van der Waals surface area contributed by atoms with Crippen LogP contribution in [0.25, 0.3) is 0 Å². The van der Waals surface area contributed by atoms with Crippen molar-refractivity contribution in [3.63, 3.8) is 0 Å². The average Bonchev–Trinajstić information content (AvgIpc) is 2.92. The third kappa shape index (κ3) is 4.56. The molecular weight excluding hydrogens is 398 g/mol. The molecule has 0 aliphatic heterocycles.